The predicted molar refractivity (Wildman–Crippen MR) is 62.3 cm³/mol. The Morgan fingerprint density at radius 3 is 2.50 bits per heavy atom. The van der Waals surface area contributed by atoms with Crippen LogP contribution >= 0.6 is 0 Å². The van der Waals surface area contributed by atoms with Crippen molar-refractivity contribution >= 4 is 0 Å². The molecule has 1 aliphatic rings. The minimum Gasteiger partial charge on any atom is -0.328 e. The lowest BCUT2D eigenvalue weighted by atomic mass is 9.94. The van der Waals surface area contributed by atoms with Crippen molar-refractivity contribution in [1.29, 1.82) is 0 Å². The summed E-state index contributed by atoms with van der Waals surface area (Å²) in [6.45, 7) is 9.28. The van der Waals surface area contributed by atoms with E-state index < -0.39 is 0 Å². The Balaban J connectivity index is 2.33. The van der Waals surface area contributed by atoms with Gasteiger partial charge in [0, 0.05) is 12.1 Å². The smallest absolute Gasteiger partial charge is 0.00385 e. The van der Waals surface area contributed by atoms with Gasteiger partial charge in [-0.2, -0.15) is 0 Å². The van der Waals surface area contributed by atoms with Crippen LogP contribution in [0, 0.1) is 5.92 Å². The van der Waals surface area contributed by atoms with Crippen LogP contribution in [0.3, 0.4) is 0 Å². The normalized spacial score (nSPS) is 27.6. The van der Waals surface area contributed by atoms with Crippen LogP contribution in [0.15, 0.2) is 0 Å². The third kappa shape index (κ3) is 3.97. The first-order valence-corrected chi connectivity index (χ1v) is 6.09. The number of nitrogens with zero attached hydrogens (tertiary/aromatic N) is 1. The minimum absolute atomic E-state index is 0.380. The van der Waals surface area contributed by atoms with Gasteiger partial charge in [-0.1, -0.05) is 0 Å². The van der Waals surface area contributed by atoms with Gasteiger partial charge in [0.05, 0.1) is 0 Å². The van der Waals surface area contributed by atoms with Gasteiger partial charge < -0.3 is 10.6 Å². The first-order valence-electron chi connectivity index (χ1n) is 6.09. The molecule has 0 aromatic heterocycles. The standard InChI is InChI=1S/C12H26N2/c1-10(2)14-7-4-5-12(6-8-14)9-11(3)13/h10-12H,4-9,13H2,1-3H3. The molecule has 1 heterocycles. The lowest BCUT2D eigenvalue weighted by Gasteiger charge is -2.24. The van der Waals surface area contributed by atoms with E-state index in [0.29, 0.717) is 12.1 Å². The number of hydrogen-bond acceptors (Lipinski definition) is 2. The second-order valence-corrected chi connectivity index (χ2v) is 5.14. The van der Waals surface area contributed by atoms with Crippen molar-refractivity contribution in [3.63, 3.8) is 0 Å². The van der Waals surface area contributed by atoms with Crippen molar-refractivity contribution in [2.45, 2.75) is 58.5 Å². The zero-order chi connectivity index (χ0) is 10.6. The maximum atomic E-state index is 5.86. The Bertz CT molecular complexity index is 154. The molecule has 2 nitrogen and oxygen atoms in total. The third-order valence-corrected chi connectivity index (χ3v) is 3.32. The fourth-order valence-corrected chi connectivity index (χ4v) is 2.47. The Hall–Kier alpha value is -0.0800. The summed E-state index contributed by atoms with van der Waals surface area (Å²) >= 11 is 0. The lowest BCUT2D eigenvalue weighted by Crippen LogP contribution is -2.31. The molecule has 0 amide bonds. The molecule has 1 fully saturated rings. The number of rotatable bonds is 3. The molecular weight excluding hydrogens is 172 g/mol. The van der Waals surface area contributed by atoms with E-state index in [2.05, 4.69) is 25.7 Å². The summed E-state index contributed by atoms with van der Waals surface area (Å²) in [5.74, 6) is 0.874. The maximum Gasteiger partial charge on any atom is 0.00385 e. The average Bonchev–Trinajstić information content (AvgIpc) is 2.28. The first kappa shape index (κ1) is 12.0. The van der Waals surface area contributed by atoms with Crippen LogP contribution in [-0.4, -0.2) is 30.1 Å². The fourth-order valence-electron chi connectivity index (χ4n) is 2.47. The highest BCUT2D eigenvalue weighted by atomic mass is 15.1. The summed E-state index contributed by atoms with van der Waals surface area (Å²) in [6.07, 6.45) is 5.30. The highest BCUT2D eigenvalue weighted by Gasteiger charge is 2.19. The van der Waals surface area contributed by atoms with Crippen molar-refractivity contribution in [3.05, 3.63) is 0 Å². The maximum absolute atomic E-state index is 5.86. The van der Waals surface area contributed by atoms with Gasteiger partial charge in [0.2, 0.25) is 0 Å². The van der Waals surface area contributed by atoms with Crippen molar-refractivity contribution in [1.82, 2.24) is 4.90 Å². The number of hydrogen-bond donors (Lipinski definition) is 1. The quantitative estimate of drug-likeness (QED) is 0.753. The van der Waals surface area contributed by atoms with E-state index in [0.717, 1.165) is 5.92 Å². The summed E-state index contributed by atoms with van der Waals surface area (Å²) < 4.78 is 0. The van der Waals surface area contributed by atoms with Gasteiger partial charge in [-0.25, -0.2) is 0 Å². The molecule has 0 spiro atoms. The highest BCUT2D eigenvalue weighted by molar-refractivity contribution is 4.74. The van der Waals surface area contributed by atoms with E-state index in [1.165, 1.54) is 38.8 Å². The molecule has 2 N–H and O–H groups in total. The molecule has 0 aromatic rings. The molecule has 0 saturated carbocycles. The van der Waals surface area contributed by atoms with Crippen LogP contribution in [0.5, 0.6) is 0 Å². The van der Waals surface area contributed by atoms with Gasteiger partial charge in [0.15, 0.2) is 0 Å². The van der Waals surface area contributed by atoms with E-state index in [4.69, 9.17) is 5.73 Å². The van der Waals surface area contributed by atoms with Crippen LogP contribution in [0.2, 0.25) is 0 Å². The van der Waals surface area contributed by atoms with Gasteiger partial charge >= 0.3 is 0 Å². The molecule has 1 aliphatic heterocycles. The molecule has 1 rings (SSSR count). The largest absolute Gasteiger partial charge is 0.328 e. The zero-order valence-corrected chi connectivity index (χ0v) is 10.00. The van der Waals surface area contributed by atoms with E-state index in [1.54, 1.807) is 0 Å². The van der Waals surface area contributed by atoms with E-state index in [1.807, 2.05) is 0 Å². The SMILES string of the molecule is CC(N)CC1CCCN(C(C)C)CC1. The first-order chi connectivity index (χ1) is 6.59. The Labute approximate surface area is 88.8 Å². The molecule has 0 radical (unpaired) electrons. The lowest BCUT2D eigenvalue weighted by molar-refractivity contribution is 0.227. The van der Waals surface area contributed by atoms with Crippen molar-refractivity contribution < 1.29 is 0 Å². The average molecular weight is 198 g/mol. The summed E-state index contributed by atoms with van der Waals surface area (Å²) in [7, 11) is 0. The van der Waals surface area contributed by atoms with Crippen LogP contribution in [0.1, 0.15) is 46.5 Å². The molecule has 0 aromatic carbocycles. The monoisotopic (exact) mass is 198 g/mol. The van der Waals surface area contributed by atoms with Crippen LogP contribution in [-0.2, 0) is 0 Å². The molecule has 1 saturated heterocycles. The summed E-state index contributed by atoms with van der Waals surface area (Å²) in [5.41, 5.74) is 5.86. The topological polar surface area (TPSA) is 29.3 Å². The zero-order valence-electron chi connectivity index (χ0n) is 10.00. The van der Waals surface area contributed by atoms with Gasteiger partial charge in [-0.3, -0.25) is 0 Å². The molecular formula is C12H26N2. The van der Waals surface area contributed by atoms with Crippen molar-refractivity contribution in [2.75, 3.05) is 13.1 Å². The summed E-state index contributed by atoms with van der Waals surface area (Å²) in [5, 5.41) is 0. The van der Waals surface area contributed by atoms with Gasteiger partial charge in [0.25, 0.3) is 0 Å². The molecule has 14 heavy (non-hydrogen) atoms. The number of nitrogens with two attached hydrogens (primary N) is 1. The van der Waals surface area contributed by atoms with Gasteiger partial charge in [-0.05, 0) is 65.5 Å². The van der Waals surface area contributed by atoms with E-state index in [-0.39, 0.29) is 0 Å². The fraction of sp³-hybridized carbons (Fsp3) is 1.00. The second-order valence-electron chi connectivity index (χ2n) is 5.14. The van der Waals surface area contributed by atoms with E-state index >= 15 is 0 Å². The molecule has 2 heteroatoms. The molecule has 84 valence electrons. The van der Waals surface area contributed by atoms with Crippen molar-refractivity contribution in [3.8, 4) is 0 Å². The summed E-state index contributed by atoms with van der Waals surface area (Å²) in [4.78, 5) is 2.60. The van der Waals surface area contributed by atoms with Crippen LogP contribution < -0.4 is 5.73 Å². The van der Waals surface area contributed by atoms with E-state index in [9.17, 15) is 0 Å². The highest BCUT2D eigenvalue weighted by Crippen LogP contribution is 2.22. The Morgan fingerprint density at radius 2 is 1.93 bits per heavy atom. The predicted octanol–water partition coefficient (Wildman–Crippen LogP) is 2.23. The van der Waals surface area contributed by atoms with Crippen LogP contribution in [0.4, 0.5) is 0 Å². The molecule has 2 unspecified atom stereocenters. The molecule has 0 bridgehead atoms. The van der Waals surface area contributed by atoms with Gasteiger partial charge in [0.1, 0.15) is 0 Å². The number of likely N-dealkylation sites (tertiary alicyclic amines) is 1. The molecule has 2 atom stereocenters. The minimum atomic E-state index is 0.380. The Morgan fingerprint density at radius 1 is 1.21 bits per heavy atom. The van der Waals surface area contributed by atoms with Crippen molar-refractivity contribution in [2.24, 2.45) is 11.7 Å². The third-order valence-electron chi connectivity index (χ3n) is 3.32. The molecule has 0 aliphatic carbocycles. The van der Waals surface area contributed by atoms with Gasteiger partial charge in [-0.15, -0.1) is 0 Å². The van der Waals surface area contributed by atoms with Crippen LogP contribution in [0.25, 0.3) is 0 Å². The second kappa shape index (κ2) is 5.72. The summed E-state index contributed by atoms with van der Waals surface area (Å²) in [6, 6.07) is 1.09. The Kier molecular flexibility index (Phi) is 4.90.